The molecule has 0 spiro atoms. The first kappa shape index (κ1) is 20.9. The van der Waals surface area contributed by atoms with Gasteiger partial charge in [-0.15, -0.1) is 0 Å². The normalized spacial score (nSPS) is 26.8. The summed E-state index contributed by atoms with van der Waals surface area (Å²) in [5, 5.41) is 11.4. The van der Waals surface area contributed by atoms with E-state index in [0.717, 1.165) is 48.3 Å². The van der Waals surface area contributed by atoms with Crippen LogP contribution in [0.15, 0.2) is 48.5 Å². The van der Waals surface area contributed by atoms with Crippen molar-refractivity contribution >= 4 is 12.0 Å². The van der Waals surface area contributed by atoms with Gasteiger partial charge in [-0.25, -0.2) is 0 Å². The Balaban J connectivity index is 1.43. The summed E-state index contributed by atoms with van der Waals surface area (Å²) >= 11 is 0. The molecular formula is C26H29NO5. The number of hydrogen-bond acceptors (Lipinski definition) is 5. The van der Waals surface area contributed by atoms with Crippen LogP contribution < -0.4 is 14.2 Å². The third kappa shape index (κ3) is 3.84. The highest BCUT2D eigenvalue weighted by Gasteiger charge is 2.49. The number of carbonyl (C=O) groups excluding carboxylic acids is 1. The number of ether oxygens (including phenoxy) is 3. The fourth-order valence-electron chi connectivity index (χ4n) is 5.42. The van der Waals surface area contributed by atoms with Gasteiger partial charge in [0.1, 0.15) is 5.75 Å². The van der Waals surface area contributed by atoms with Crippen molar-refractivity contribution in [3.63, 3.8) is 0 Å². The molecule has 2 aromatic carbocycles. The molecule has 0 radical (unpaired) electrons. The first-order valence-corrected chi connectivity index (χ1v) is 11.3. The van der Waals surface area contributed by atoms with Gasteiger partial charge in [-0.05, 0) is 60.7 Å². The van der Waals surface area contributed by atoms with Gasteiger partial charge < -0.3 is 24.2 Å². The molecule has 3 atom stereocenters. The lowest BCUT2D eigenvalue weighted by atomic mass is 9.66. The number of piperidine rings is 1. The summed E-state index contributed by atoms with van der Waals surface area (Å²) in [4.78, 5) is 15.3. The van der Waals surface area contributed by atoms with Gasteiger partial charge in [0.05, 0.1) is 18.8 Å². The molecule has 1 amide bonds. The largest absolute Gasteiger partial charge is 0.497 e. The molecule has 1 N–H and O–H groups in total. The van der Waals surface area contributed by atoms with Crippen molar-refractivity contribution in [3.05, 3.63) is 59.7 Å². The Morgan fingerprint density at radius 1 is 1.12 bits per heavy atom. The lowest BCUT2D eigenvalue weighted by Crippen LogP contribution is -2.56. The average Bonchev–Trinajstić information content (AvgIpc) is 3.29. The maximum atomic E-state index is 13.4. The average molecular weight is 436 g/mol. The summed E-state index contributed by atoms with van der Waals surface area (Å²) in [6.07, 6.45) is 7.91. The van der Waals surface area contributed by atoms with Gasteiger partial charge in [0, 0.05) is 18.5 Å². The number of likely N-dealkylation sites (tertiary alicyclic amines) is 1. The molecular weight excluding hydrogens is 406 g/mol. The monoisotopic (exact) mass is 435 g/mol. The number of hydrogen-bond donors (Lipinski definition) is 1. The van der Waals surface area contributed by atoms with E-state index in [4.69, 9.17) is 14.2 Å². The third-order valence-electron chi connectivity index (χ3n) is 7.12. The van der Waals surface area contributed by atoms with E-state index in [1.54, 1.807) is 13.2 Å². The van der Waals surface area contributed by atoms with Gasteiger partial charge >= 0.3 is 0 Å². The minimum Gasteiger partial charge on any atom is -0.497 e. The van der Waals surface area contributed by atoms with E-state index in [2.05, 4.69) is 0 Å². The summed E-state index contributed by atoms with van der Waals surface area (Å²) in [5.41, 5.74) is 1.22. The molecule has 5 rings (SSSR count). The number of aliphatic hydroxyl groups is 1. The van der Waals surface area contributed by atoms with Crippen LogP contribution in [0.4, 0.5) is 0 Å². The summed E-state index contributed by atoms with van der Waals surface area (Å²) in [6.45, 7) is 0.761. The zero-order chi connectivity index (χ0) is 22.1. The van der Waals surface area contributed by atoms with Crippen molar-refractivity contribution in [3.8, 4) is 17.2 Å². The molecule has 2 heterocycles. The maximum Gasteiger partial charge on any atom is 0.247 e. The highest BCUT2D eigenvalue weighted by molar-refractivity contribution is 5.92. The van der Waals surface area contributed by atoms with Gasteiger partial charge in [-0.2, -0.15) is 0 Å². The molecule has 3 aliphatic rings. The fraction of sp³-hybridized carbons (Fsp3) is 0.423. The van der Waals surface area contributed by atoms with E-state index in [0.29, 0.717) is 18.7 Å². The van der Waals surface area contributed by atoms with Crippen molar-refractivity contribution in [1.82, 2.24) is 4.90 Å². The molecule has 2 aliphatic heterocycles. The van der Waals surface area contributed by atoms with Gasteiger partial charge in [0.25, 0.3) is 0 Å². The lowest BCUT2D eigenvalue weighted by Gasteiger charge is -2.52. The van der Waals surface area contributed by atoms with Crippen LogP contribution in [0.5, 0.6) is 17.2 Å². The number of methoxy groups -OCH3 is 1. The second-order valence-corrected chi connectivity index (χ2v) is 8.90. The first-order valence-electron chi connectivity index (χ1n) is 11.3. The Kier molecular flexibility index (Phi) is 5.55. The van der Waals surface area contributed by atoms with E-state index in [1.165, 1.54) is 0 Å². The van der Waals surface area contributed by atoms with Crippen LogP contribution in [0.25, 0.3) is 6.08 Å². The molecule has 6 heteroatoms. The molecule has 2 aromatic rings. The Morgan fingerprint density at radius 2 is 1.94 bits per heavy atom. The van der Waals surface area contributed by atoms with Gasteiger partial charge in [-0.1, -0.05) is 31.0 Å². The SMILES string of the molecule is COc1ccc(C2C3CCCCC3(O)CCN2C(=O)/C=C/c2ccc3c(c2)OCO3)cc1. The van der Waals surface area contributed by atoms with Crippen LogP contribution in [-0.2, 0) is 4.79 Å². The number of carbonyl (C=O) groups is 1. The highest BCUT2D eigenvalue weighted by atomic mass is 16.7. The number of amides is 1. The molecule has 3 unspecified atom stereocenters. The predicted molar refractivity (Wildman–Crippen MR) is 121 cm³/mol. The summed E-state index contributed by atoms with van der Waals surface area (Å²) < 4.78 is 16.1. The molecule has 6 nitrogen and oxygen atoms in total. The van der Waals surface area contributed by atoms with Crippen LogP contribution in [0, 0.1) is 5.92 Å². The van der Waals surface area contributed by atoms with Gasteiger partial charge in [0.15, 0.2) is 11.5 Å². The summed E-state index contributed by atoms with van der Waals surface area (Å²) in [6, 6.07) is 13.4. The molecule has 1 saturated heterocycles. The standard InChI is InChI=1S/C26H29NO5/c1-30-20-9-7-19(8-10-20)25-21-4-2-3-13-26(21,29)14-15-27(25)24(28)12-6-18-5-11-22-23(16-18)32-17-31-22/h5-12,16,21,25,29H,2-4,13-15,17H2,1H3/b12-6+. The zero-order valence-electron chi connectivity index (χ0n) is 18.3. The minimum absolute atomic E-state index is 0.0290. The van der Waals surface area contributed by atoms with Gasteiger partial charge in [-0.3, -0.25) is 4.79 Å². The second-order valence-electron chi connectivity index (χ2n) is 8.90. The van der Waals surface area contributed by atoms with Crippen LogP contribution in [0.2, 0.25) is 0 Å². The number of nitrogens with zero attached hydrogens (tertiary/aromatic N) is 1. The number of fused-ring (bicyclic) bond motifs is 2. The van der Waals surface area contributed by atoms with Crippen molar-refractivity contribution in [1.29, 1.82) is 0 Å². The third-order valence-corrected chi connectivity index (χ3v) is 7.12. The van der Waals surface area contributed by atoms with Crippen LogP contribution in [0.1, 0.15) is 49.3 Å². The topological polar surface area (TPSA) is 68.2 Å². The summed E-state index contributed by atoms with van der Waals surface area (Å²) in [7, 11) is 1.65. The predicted octanol–water partition coefficient (Wildman–Crippen LogP) is 4.33. The number of rotatable bonds is 4. The minimum atomic E-state index is -0.708. The van der Waals surface area contributed by atoms with Crippen molar-refractivity contribution in [2.75, 3.05) is 20.4 Å². The van der Waals surface area contributed by atoms with Crippen molar-refractivity contribution in [2.24, 2.45) is 5.92 Å². The fourth-order valence-corrected chi connectivity index (χ4v) is 5.42. The smallest absolute Gasteiger partial charge is 0.247 e. The van der Waals surface area contributed by atoms with E-state index in [9.17, 15) is 9.90 Å². The molecule has 2 fully saturated rings. The quantitative estimate of drug-likeness (QED) is 0.724. The molecule has 168 valence electrons. The van der Waals surface area contributed by atoms with Gasteiger partial charge in [0.2, 0.25) is 12.7 Å². The number of benzene rings is 2. The zero-order valence-corrected chi connectivity index (χ0v) is 18.3. The van der Waals surface area contributed by atoms with Crippen molar-refractivity contribution < 1.29 is 24.1 Å². The first-order chi connectivity index (χ1) is 15.6. The van der Waals surface area contributed by atoms with E-state index in [1.807, 2.05) is 53.4 Å². The summed E-state index contributed by atoms with van der Waals surface area (Å²) in [5.74, 6) is 2.18. The van der Waals surface area contributed by atoms with Crippen LogP contribution >= 0.6 is 0 Å². The Labute approximate surface area is 188 Å². The molecule has 1 saturated carbocycles. The second kappa shape index (κ2) is 8.51. The maximum absolute atomic E-state index is 13.4. The molecule has 1 aliphatic carbocycles. The van der Waals surface area contributed by atoms with Crippen molar-refractivity contribution in [2.45, 2.75) is 43.7 Å². The Bertz CT molecular complexity index is 1020. The highest BCUT2D eigenvalue weighted by Crippen LogP contribution is 2.49. The molecule has 0 bridgehead atoms. The lowest BCUT2D eigenvalue weighted by molar-refractivity contribution is -0.150. The Morgan fingerprint density at radius 3 is 2.75 bits per heavy atom. The Hall–Kier alpha value is -2.99. The molecule has 32 heavy (non-hydrogen) atoms. The van der Waals surface area contributed by atoms with Crippen LogP contribution in [-0.4, -0.2) is 42.0 Å². The van der Waals surface area contributed by atoms with E-state index >= 15 is 0 Å². The van der Waals surface area contributed by atoms with E-state index < -0.39 is 5.60 Å². The molecule has 0 aromatic heterocycles. The van der Waals surface area contributed by atoms with Crippen LogP contribution in [0.3, 0.4) is 0 Å². The van der Waals surface area contributed by atoms with E-state index in [-0.39, 0.29) is 24.7 Å².